The summed E-state index contributed by atoms with van der Waals surface area (Å²) in [4.78, 5) is 2.61. The quantitative estimate of drug-likeness (QED) is 0.819. The Balaban J connectivity index is 1.73. The van der Waals surface area contributed by atoms with Crippen LogP contribution in [-0.2, 0) is 4.74 Å². The largest absolute Gasteiger partial charge is 0.378 e. The molecule has 0 amide bonds. The van der Waals surface area contributed by atoms with Gasteiger partial charge in [-0.25, -0.2) is 0 Å². The number of piperidine rings is 1. The molecule has 0 aromatic carbocycles. The van der Waals surface area contributed by atoms with E-state index in [0.29, 0.717) is 17.7 Å². The highest BCUT2D eigenvalue weighted by Crippen LogP contribution is 2.22. The SMILES string of the molecule is CC1CC(NC2CCN(C(C)(C)C)CC2)CCO1. The molecule has 18 heavy (non-hydrogen) atoms. The fraction of sp³-hybridized carbons (Fsp3) is 1.00. The van der Waals surface area contributed by atoms with Gasteiger partial charge in [0.25, 0.3) is 0 Å². The fourth-order valence-corrected chi connectivity index (χ4v) is 3.20. The number of nitrogens with one attached hydrogen (secondary N) is 1. The maximum absolute atomic E-state index is 5.61. The lowest BCUT2D eigenvalue weighted by molar-refractivity contribution is 0.00789. The second-order valence-electron chi connectivity index (χ2n) is 7.00. The highest BCUT2D eigenvalue weighted by Gasteiger charge is 2.28. The van der Waals surface area contributed by atoms with Crippen molar-refractivity contribution in [2.75, 3.05) is 19.7 Å². The van der Waals surface area contributed by atoms with Crippen LogP contribution in [0.3, 0.4) is 0 Å². The minimum absolute atomic E-state index is 0.332. The summed E-state index contributed by atoms with van der Waals surface area (Å²) in [6, 6.07) is 1.40. The summed E-state index contributed by atoms with van der Waals surface area (Å²) < 4.78 is 5.61. The van der Waals surface area contributed by atoms with Crippen LogP contribution < -0.4 is 5.32 Å². The molecule has 2 unspecified atom stereocenters. The van der Waals surface area contributed by atoms with E-state index < -0.39 is 0 Å². The van der Waals surface area contributed by atoms with Crippen LogP contribution in [-0.4, -0.2) is 48.3 Å². The number of nitrogens with zero attached hydrogens (tertiary/aromatic N) is 1. The Morgan fingerprint density at radius 1 is 1.06 bits per heavy atom. The van der Waals surface area contributed by atoms with Crippen molar-refractivity contribution in [1.82, 2.24) is 10.2 Å². The summed E-state index contributed by atoms with van der Waals surface area (Å²) in [5.41, 5.74) is 0.332. The van der Waals surface area contributed by atoms with Crippen LogP contribution in [0.2, 0.25) is 0 Å². The highest BCUT2D eigenvalue weighted by atomic mass is 16.5. The van der Waals surface area contributed by atoms with Crippen molar-refractivity contribution in [2.45, 2.75) is 77.1 Å². The summed E-state index contributed by atoms with van der Waals surface area (Å²) >= 11 is 0. The smallest absolute Gasteiger partial charge is 0.0561 e. The molecule has 2 aliphatic rings. The lowest BCUT2D eigenvalue weighted by Crippen LogP contribution is -2.52. The van der Waals surface area contributed by atoms with E-state index in [9.17, 15) is 0 Å². The van der Waals surface area contributed by atoms with Crippen molar-refractivity contribution in [1.29, 1.82) is 0 Å². The molecule has 0 radical (unpaired) electrons. The number of ether oxygens (including phenoxy) is 1. The van der Waals surface area contributed by atoms with Gasteiger partial charge in [0.05, 0.1) is 6.10 Å². The normalized spacial score (nSPS) is 32.7. The van der Waals surface area contributed by atoms with Crippen LogP contribution in [0, 0.1) is 0 Å². The average molecular weight is 254 g/mol. The van der Waals surface area contributed by atoms with Crippen molar-refractivity contribution >= 4 is 0 Å². The van der Waals surface area contributed by atoms with Crippen molar-refractivity contribution < 1.29 is 4.74 Å². The van der Waals surface area contributed by atoms with Gasteiger partial charge in [0, 0.05) is 37.3 Å². The van der Waals surface area contributed by atoms with E-state index in [4.69, 9.17) is 4.74 Å². The second-order valence-corrected chi connectivity index (χ2v) is 7.00. The van der Waals surface area contributed by atoms with Gasteiger partial charge < -0.3 is 10.1 Å². The molecule has 0 aromatic rings. The molecule has 2 atom stereocenters. The highest BCUT2D eigenvalue weighted by molar-refractivity contribution is 4.87. The number of rotatable bonds is 2. The van der Waals surface area contributed by atoms with E-state index in [1.54, 1.807) is 0 Å². The first-order valence-electron chi connectivity index (χ1n) is 7.58. The molecule has 2 heterocycles. The molecular formula is C15H30N2O. The van der Waals surface area contributed by atoms with E-state index >= 15 is 0 Å². The predicted molar refractivity (Wildman–Crippen MR) is 75.9 cm³/mol. The van der Waals surface area contributed by atoms with Crippen LogP contribution >= 0.6 is 0 Å². The Kier molecular flexibility index (Phi) is 4.68. The minimum Gasteiger partial charge on any atom is -0.378 e. The molecular weight excluding hydrogens is 224 g/mol. The van der Waals surface area contributed by atoms with Gasteiger partial charge in [0.15, 0.2) is 0 Å². The molecule has 0 bridgehead atoms. The molecule has 0 aromatic heterocycles. The molecule has 2 fully saturated rings. The molecule has 106 valence electrons. The predicted octanol–water partition coefficient (Wildman–Crippen LogP) is 2.41. The number of likely N-dealkylation sites (tertiary alicyclic amines) is 1. The zero-order valence-corrected chi connectivity index (χ0v) is 12.5. The average Bonchev–Trinajstić information content (AvgIpc) is 2.28. The van der Waals surface area contributed by atoms with E-state index in [2.05, 4.69) is 37.9 Å². The summed E-state index contributed by atoms with van der Waals surface area (Å²) in [5.74, 6) is 0. The minimum atomic E-state index is 0.332. The molecule has 3 nitrogen and oxygen atoms in total. The Labute approximate surface area is 112 Å². The summed E-state index contributed by atoms with van der Waals surface area (Å²) in [5, 5.41) is 3.85. The third-order valence-electron chi connectivity index (χ3n) is 4.40. The number of hydrogen-bond donors (Lipinski definition) is 1. The third kappa shape index (κ3) is 3.94. The first-order chi connectivity index (χ1) is 8.45. The number of hydrogen-bond acceptors (Lipinski definition) is 3. The molecule has 2 aliphatic heterocycles. The Bertz CT molecular complexity index is 254. The van der Waals surface area contributed by atoms with E-state index in [-0.39, 0.29) is 0 Å². The molecule has 1 N–H and O–H groups in total. The van der Waals surface area contributed by atoms with Gasteiger partial charge in [-0.3, -0.25) is 4.90 Å². The van der Waals surface area contributed by atoms with Crippen LogP contribution in [0.25, 0.3) is 0 Å². The topological polar surface area (TPSA) is 24.5 Å². The lowest BCUT2D eigenvalue weighted by Gasteiger charge is -2.42. The zero-order valence-electron chi connectivity index (χ0n) is 12.5. The fourth-order valence-electron chi connectivity index (χ4n) is 3.20. The first kappa shape index (κ1) is 14.3. The Morgan fingerprint density at radius 2 is 1.72 bits per heavy atom. The van der Waals surface area contributed by atoms with Gasteiger partial charge in [0.1, 0.15) is 0 Å². The van der Waals surface area contributed by atoms with Crippen LogP contribution in [0.1, 0.15) is 53.4 Å². The van der Waals surface area contributed by atoms with Crippen molar-refractivity contribution in [2.24, 2.45) is 0 Å². The van der Waals surface area contributed by atoms with Gasteiger partial charge in [-0.15, -0.1) is 0 Å². The zero-order chi connectivity index (χ0) is 13.2. The third-order valence-corrected chi connectivity index (χ3v) is 4.40. The molecule has 2 rings (SSSR count). The summed E-state index contributed by atoms with van der Waals surface area (Å²) in [7, 11) is 0. The second kappa shape index (κ2) is 5.89. The van der Waals surface area contributed by atoms with Gasteiger partial charge in [-0.1, -0.05) is 0 Å². The molecule has 0 spiro atoms. The standard InChI is InChI=1S/C15H30N2O/c1-12-11-14(7-10-18-12)16-13-5-8-17(9-6-13)15(2,3)4/h12-14,16H,5-11H2,1-4H3. The van der Waals surface area contributed by atoms with Crippen molar-refractivity contribution in [3.05, 3.63) is 0 Å². The van der Waals surface area contributed by atoms with Gasteiger partial charge in [-0.05, 0) is 53.4 Å². The summed E-state index contributed by atoms with van der Waals surface area (Å²) in [6.07, 6.45) is 5.39. The van der Waals surface area contributed by atoms with E-state index in [1.165, 1.54) is 38.8 Å². The Hall–Kier alpha value is -0.120. The van der Waals surface area contributed by atoms with Crippen LogP contribution in [0.4, 0.5) is 0 Å². The van der Waals surface area contributed by atoms with Gasteiger partial charge >= 0.3 is 0 Å². The molecule has 0 saturated carbocycles. The van der Waals surface area contributed by atoms with Crippen molar-refractivity contribution in [3.63, 3.8) is 0 Å². The van der Waals surface area contributed by atoms with Gasteiger partial charge in [0.2, 0.25) is 0 Å². The molecule has 2 saturated heterocycles. The van der Waals surface area contributed by atoms with Crippen LogP contribution in [0.5, 0.6) is 0 Å². The van der Waals surface area contributed by atoms with E-state index in [0.717, 1.165) is 12.6 Å². The lowest BCUT2D eigenvalue weighted by atomic mass is 9.96. The molecule has 3 heteroatoms. The first-order valence-corrected chi connectivity index (χ1v) is 7.58. The summed E-state index contributed by atoms with van der Waals surface area (Å²) in [6.45, 7) is 12.6. The molecule has 0 aliphatic carbocycles. The maximum Gasteiger partial charge on any atom is 0.0561 e. The van der Waals surface area contributed by atoms with Crippen LogP contribution in [0.15, 0.2) is 0 Å². The maximum atomic E-state index is 5.61. The Morgan fingerprint density at radius 3 is 2.28 bits per heavy atom. The monoisotopic (exact) mass is 254 g/mol. The van der Waals surface area contributed by atoms with Crippen molar-refractivity contribution in [3.8, 4) is 0 Å². The van der Waals surface area contributed by atoms with Gasteiger partial charge in [-0.2, -0.15) is 0 Å². The van der Waals surface area contributed by atoms with E-state index in [1.807, 2.05) is 0 Å².